The van der Waals surface area contributed by atoms with Gasteiger partial charge in [-0.3, -0.25) is 9.59 Å². The topological polar surface area (TPSA) is 52.6 Å². The van der Waals surface area contributed by atoms with Gasteiger partial charge in [-0.15, -0.1) is 0 Å². The smallest absolute Gasteiger partial charge is 0.238 e. The highest BCUT2D eigenvalue weighted by Gasteiger charge is 2.33. The van der Waals surface area contributed by atoms with Gasteiger partial charge in [-0.25, -0.2) is 0 Å². The molecule has 14 heavy (non-hydrogen) atoms. The summed E-state index contributed by atoms with van der Waals surface area (Å²) in [7, 11) is 2.68. The quantitative estimate of drug-likeness (QED) is 0.571. The van der Waals surface area contributed by atoms with Gasteiger partial charge in [-0.1, -0.05) is 0 Å². The van der Waals surface area contributed by atoms with Crippen LogP contribution in [0.15, 0.2) is 20.7 Å². The van der Waals surface area contributed by atoms with Crippen molar-refractivity contribution in [3.63, 3.8) is 0 Å². The van der Waals surface area contributed by atoms with E-state index < -0.39 is 0 Å². The molecule has 5 heteroatoms. The van der Waals surface area contributed by atoms with Gasteiger partial charge < -0.3 is 9.47 Å². The first kappa shape index (κ1) is 11.2. The number of carbonyl (C=O) groups is 2. The van der Waals surface area contributed by atoms with Crippen molar-refractivity contribution in [3.05, 3.63) is 20.7 Å². The minimum absolute atomic E-state index is 0.0181. The second-order valence-corrected chi connectivity index (χ2v) is 3.74. The first-order chi connectivity index (χ1) is 6.54. The summed E-state index contributed by atoms with van der Waals surface area (Å²) >= 11 is 1.83. The van der Waals surface area contributed by atoms with Crippen LogP contribution in [0.3, 0.4) is 0 Å². The molecule has 0 aromatic carbocycles. The number of rotatable bonds is 2. The summed E-state index contributed by atoms with van der Waals surface area (Å²) in [6.45, 7) is 1.59. The number of methoxy groups -OCH3 is 2. The third-order valence-electron chi connectivity index (χ3n) is 1.90. The molecule has 0 amide bonds. The maximum Gasteiger partial charge on any atom is 0.238 e. The Morgan fingerprint density at radius 1 is 1.00 bits per heavy atom. The zero-order valence-corrected chi connectivity index (χ0v) is 10.2. The van der Waals surface area contributed by atoms with Gasteiger partial charge in [-0.2, -0.15) is 0 Å². The summed E-state index contributed by atoms with van der Waals surface area (Å²) in [5, 5.41) is 0. The van der Waals surface area contributed by atoms with Gasteiger partial charge in [0.2, 0.25) is 23.1 Å². The van der Waals surface area contributed by atoms with Crippen LogP contribution < -0.4 is 0 Å². The van der Waals surface area contributed by atoms with E-state index in [1.54, 1.807) is 6.92 Å². The molecule has 0 bridgehead atoms. The zero-order chi connectivity index (χ0) is 10.9. The lowest BCUT2D eigenvalue weighted by atomic mass is 10.0. The molecule has 0 saturated heterocycles. The van der Waals surface area contributed by atoms with Crippen LogP contribution in [-0.4, -0.2) is 25.8 Å². The highest BCUT2D eigenvalue weighted by molar-refractivity contribution is 14.1. The molecule has 0 aromatic rings. The lowest BCUT2D eigenvalue weighted by Gasteiger charge is -2.16. The van der Waals surface area contributed by atoms with E-state index in [0.717, 1.165) is 0 Å². The zero-order valence-electron chi connectivity index (χ0n) is 8.01. The molecular weight excluding hydrogens is 299 g/mol. The van der Waals surface area contributed by atoms with Crippen LogP contribution in [0.25, 0.3) is 0 Å². The molecule has 0 atom stereocenters. The van der Waals surface area contributed by atoms with Crippen LogP contribution in [0.4, 0.5) is 0 Å². The number of hydrogen-bond donors (Lipinski definition) is 0. The van der Waals surface area contributed by atoms with Crippen molar-refractivity contribution in [2.45, 2.75) is 6.92 Å². The van der Waals surface area contributed by atoms with Gasteiger partial charge in [0.15, 0.2) is 0 Å². The standard InChI is InChI=1S/C9H9IO4/c1-4-5(10)7(12)9(14-3)8(13-2)6(4)11/h1-3H3. The van der Waals surface area contributed by atoms with Crippen LogP contribution in [0.2, 0.25) is 0 Å². The van der Waals surface area contributed by atoms with Crippen molar-refractivity contribution in [2.24, 2.45) is 0 Å². The fourth-order valence-electron chi connectivity index (χ4n) is 1.12. The molecule has 0 radical (unpaired) electrons. The molecule has 0 unspecified atom stereocenters. The normalized spacial score (nSPS) is 17.7. The van der Waals surface area contributed by atoms with Crippen molar-refractivity contribution in [3.8, 4) is 0 Å². The molecule has 0 N–H and O–H groups in total. The fraction of sp³-hybridized carbons (Fsp3) is 0.333. The van der Waals surface area contributed by atoms with Crippen LogP contribution in [-0.2, 0) is 19.1 Å². The fourth-order valence-corrected chi connectivity index (χ4v) is 1.61. The Morgan fingerprint density at radius 2 is 1.43 bits per heavy atom. The summed E-state index contributed by atoms with van der Waals surface area (Å²) in [5.74, 6) is -0.640. The minimum Gasteiger partial charge on any atom is -0.489 e. The first-order valence-corrected chi connectivity index (χ1v) is 4.90. The van der Waals surface area contributed by atoms with E-state index in [-0.39, 0.29) is 23.1 Å². The molecule has 1 aliphatic carbocycles. The Morgan fingerprint density at radius 3 is 1.86 bits per heavy atom. The van der Waals surface area contributed by atoms with E-state index in [4.69, 9.17) is 9.47 Å². The van der Waals surface area contributed by atoms with Crippen molar-refractivity contribution in [2.75, 3.05) is 14.2 Å². The van der Waals surface area contributed by atoms with Crippen molar-refractivity contribution in [1.29, 1.82) is 0 Å². The largest absolute Gasteiger partial charge is 0.489 e. The van der Waals surface area contributed by atoms with Gasteiger partial charge >= 0.3 is 0 Å². The predicted molar refractivity (Wildman–Crippen MR) is 57.8 cm³/mol. The van der Waals surface area contributed by atoms with E-state index in [1.165, 1.54) is 14.2 Å². The average Bonchev–Trinajstić information content (AvgIpc) is 2.20. The third-order valence-corrected chi connectivity index (χ3v) is 3.20. The lowest BCUT2D eigenvalue weighted by molar-refractivity contribution is -0.120. The van der Waals surface area contributed by atoms with Crippen molar-refractivity contribution >= 4 is 34.2 Å². The monoisotopic (exact) mass is 308 g/mol. The Hall–Kier alpha value is -0.850. The number of halogens is 1. The predicted octanol–water partition coefficient (Wildman–Crippen LogP) is 1.35. The van der Waals surface area contributed by atoms with Crippen molar-refractivity contribution in [1.82, 2.24) is 0 Å². The number of carbonyl (C=O) groups excluding carboxylic acids is 2. The number of allylic oxidation sites excluding steroid dienone is 2. The molecule has 4 nitrogen and oxygen atoms in total. The van der Waals surface area contributed by atoms with E-state index in [0.29, 0.717) is 9.15 Å². The van der Waals surface area contributed by atoms with E-state index in [1.807, 2.05) is 22.6 Å². The van der Waals surface area contributed by atoms with Gasteiger partial charge in [0.1, 0.15) is 0 Å². The number of ketones is 2. The Labute approximate surface area is 95.1 Å². The van der Waals surface area contributed by atoms with Crippen LogP contribution in [0.1, 0.15) is 6.92 Å². The molecular formula is C9H9IO4. The Kier molecular flexibility index (Phi) is 3.30. The molecule has 76 valence electrons. The SMILES string of the molecule is COC1=C(OC)C(=O)C(I)=C(C)C1=O. The molecule has 0 heterocycles. The van der Waals surface area contributed by atoms with Gasteiger partial charge in [-0.05, 0) is 29.5 Å². The van der Waals surface area contributed by atoms with Crippen LogP contribution in [0, 0.1) is 0 Å². The Balaban J connectivity index is 3.31. The molecule has 1 aliphatic rings. The molecule has 0 aliphatic heterocycles. The van der Waals surface area contributed by atoms with E-state index in [9.17, 15) is 9.59 Å². The second kappa shape index (κ2) is 4.12. The summed E-state index contributed by atoms with van der Waals surface area (Å²) in [4.78, 5) is 23.2. The number of hydrogen-bond acceptors (Lipinski definition) is 4. The van der Waals surface area contributed by atoms with Crippen LogP contribution >= 0.6 is 22.6 Å². The minimum atomic E-state index is -0.304. The highest BCUT2D eigenvalue weighted by atomic mass is 127. The van der Waals surface area contributed by atoms with E-state index >= 15 is 0 Å². The molecule has 0 spiro atoms. The number of Topliss-reactive ketones (excluding diaryl/α,β-unsaturated/α-hetero) is 2. The average molecular weight is 308 g/mol. The lowest BCUT2D eigenvalue weighted by Crippen LogP contribution is -2.22. The molecule has 1 rings (SSSR count). The van der Waals surface area contributed by atoms with Gasteiger partial charge in [0, 0.05) is 5.57 Å². The summed E-state index contributed by atoms with van der Waals surface area (Å²) in [6.07, 6.45) is 0. The highest BCUT2D eigenvalue weighted by Crippen LogP contribution is 2.28. The molecule has 0 aromatic heterocycles. The summed E-state index contributed by atoms with van der Waals surface area (Å²) in [6, 6.07) is 0. The summed E-state index contributed by atoms with van der Waals surface area (Å²) < 4.78 is 10.1. The molecule has 0 fully saturated rings. The third kappa shape index (κ3) is 1.56. The second-order valence-electron chi connectivity index (χ2n) is 2.66. The van der Waals surface area contributed by atoms with Gasteiger partial charge in [0.05, 0.1) is 17.8 Å². The Bertz CT molecular complexity index is 331. The van der Waals surface area contributed by atoms with Gasteiger partial charge in [0.25, 0.3) is 0 Å². The van der Waals surface area contributed by atoms with Crippen LogP contribution in [0.5, 0.6) is 0 Å². The maximum absolute atomic E-state index is 11.6. The van der Waals surface area contributed by atoms with Crippen molar-refractivity contribution < 1.29 is 19.1 Å². The summed E-state index contributed by atoms with van der Waals surface area (Å²) in [5.41, 5.74) is 0.397. The van der Waals surface area contributed by atoms with E-state index in [2.05, 4.69) is 0 Å². The maximum atomic E-state index is 11.6. The first-order valence-electron chi connectivity index (χ1n) is 3.82. The number of ether oxygens (including phenoxy) is 2. The molecule has 0 saturated carbocycles.